The van der Waals surface area contributed by atoms with E-state index in [0.29, 0.717) is 23.5 Å². The summed E-state index contributed by atoms with van der Waals surface area (Å²) in [7, 11) is 0. The van der Waals surface area contributed by atoms with Crippen LogP contribution in [0, 0.1) is 13.8 Å². The fourth-order valence-corrected chi connectivity index (χ4v) is 2.47. The molecule has 20 heavy (non-hydrogen) atoms. The Morgan fingerprint density at radius 1 is 1.15 bits per heavy atom. The topological polar surface area (TPSA) is 26.3 Å². The lowest BCUT2D eigenvalue weighted by molar-refractivity contribution is 0.103. The molecule has 0 spiro atoms. The van der Waals surface area contributed by atoms with E-state index in [9.17, 15) is 4.79 Å². The summed E-state index contributed by atoms with van der Waals surface area (Å²) in [6.07, 6.45) is 0. The molecule has 0 radical (unpaired) electrons. The summed E-state index contributed by atoms with van der Waals surface area (Å²) in [6, 6.07) is 11.4. The van der Waals surface area contributed by atoms with Gasteiger partial charge in [-0.05, 0) is 44.5 Å². The van der Waals surface area contributed by atoms with Gasteiger partial charge in [0.05, 0.1) is 12.2 Å². The molecule has 2 aromatic rings. The first-order valence-corrected chi connectivity index (χ1v) is 7.37. The third kappa shape index (κ3) is 2.93. The second-order valence-corrected chi connectivity index (χ2v) is 5.53. The third-order valence-electron chi connectivity index (χ3n) is 3.19. The number of ketones is 1. The number of halogens is 1. The van der Waals surface area contributed by atoms with Crippen LogP contribution >= 0.6 is 15.9 Å². The van der Waals surface area contributed by atoms with Gasteiger partial charge in [-0.15, -0.1) is 0 Å². The van der Waals surface area contributed by atoms with Crippen LogP contribution in [0.25, 0.3) is 0 Å². The minimum Gasteiger partial charge on any atom is -0.493 e. The monoisotopic (exact) mass is 332 g/mol. The highest BCUT2D eigenvalue weighted by Gasteiger charge is 2.17. The summed E-state index contributed by atoms with van der Waals surface area (Å²) in [5.41, 5.74) is 3.31. The summed E-state index contributed by atoms with van der Waals surface area (Å²) in [5, 5.41) is 0. The van der Waals surface area contributed by atoms with Gasteiger partial charge in [0.25, 0.3) is 0 Å². The fourth-order valence-electron chi connectivity index (χ4n) is 2.10. The van der Waals surface area contributed by atoms with Gasteiger partial charge in [0.15, 0.2) is 5.78 Å². The molecule has 0 bridgehead atoms. The van der Waals surface area contributed by atoms with E-state index < -0.39 is 0 Å². The number of aryl methyl sites for hydroxylation is 1. The zero-order valence-corrected chi connectivity index (χ0v) is 13.5. The highest BCUT2D eigenvalue weighted by Crippen LogP contribution is 2.27. The molecule has 0 fully saturated rings. The van der Waals surface area contributed by atoms with Crippen molar-refractivity contribution in [3.63, 3.8) is 0 Å². The maximum Gasteiger partial charge on any atom is 0.197 e. The third-order valence-corrected chi connectivity index (χ3v) is 4.05. The lowest BCUT2D eigenvalue weighted by Gasteiger charge is -2.12. The molecule has 0 N–H and O–H groups in total. The van der Waals surface area contributed by atoms with E-state index in [0.717, 1.165) is 15.6 Å². The maximum atomic E-state index is 12.8. The van der Waals surface area contributed by atoms with Crippen LogP contribution in [-0.4, -0.2) is 12.4 Å². The number of carbonyl (C=O) groups excluding carboxylic acids is 1. The van der Waals surface area contributed by atoms with Gasteiger partial charge in [-0.3, -0.25) is 4.79 Å². The molecule has 0 aliphatic carbocycles. The number of hydrogen-bond donors (Lipinski definition) is 0. The van der Waals surface area contributed by atoms with E-state index in [1.54, 1.807) is 0 Å². The summed E-state index contributed by atoms with van der Waals surface area (Å²) < 4.78 is 6.51. The molecule has 0 saturated carbocycles. The number of ether oxygens (including phenoxy) is 1. The molecular weight excluding hydrogens is 316 g/mol. The van der Waals surface area contributed by atoms with Crippen LogP contribution in [0.5, 0.6) is 5.75 Å². The molecule has 0 aliphatic heterocycles. The molecule has 0 aliphatic rings. The van der Waals surface area contributed by atoms with Crippen LogP contribution in [0.15, 0.2) is 40.9 Å². The van der Waals surface area contributed by atoms with Gasteiger partial charge >= 0.3 is 0 Å². The predicted molar refractivity (Wildman–Crippen MR) is 84.7 cm³/mol. The van der Waals surface area contributed by atoms with Gasteiger partial charge < -0.3 is 4.74 Å². The molecular formula is C17H17BrO2. The van der Waals surface area contributed by atoms with Crippen molar-refractivity contribution < 1.29 is 9.53 Å². The highest BCUT2D eigenvalue weighted by molar-refractivity contribution is 9.10. The molecule has 0 atom stereocenters. The Morgan fingerprint density at radius 2 is 1.90 bits per heavy atom. The van der Waals surface area contributed by atoms with Crippen molar-refractivity contribution in [2.75, 3.05) is 6.61 Å². The Kier molecular flexibility index (Phi) is 4.61. The molecule has 2 rings (SSSR count). The number of rotatable bonds is 4. The quantitative estimate of drug-likeness (QED) is 0.759. The SMILES string of the molecule is CCOc1ccc(C)cc1C(=O)c1cccc(Br)c1C. The molecule has 0 saturated heterocycles. The van der Waals surface area contributed by atoms with Crippen molar-refractivity contribution in [3.8, 4) is 5.75 Å². The second-order valence-electron chi connectivity index (χ2n) is 4.67. The van der Waals surface area contributed by atoms with E-state index in [4.69, 9.17) is 4.74 Å². The van der Waals surface area contributed by atoms with Crippen molar-refractivity contribution in [3.05, 3.63) is 63.1 Å². The van der Waals surface area contributed by atoms with Crippen LogP contribution < -0.4 is 4.74 Å². The molecule has 0 aromatic heterocycles. The summed E-state index contributed by atoms with van der Waals surface area (Å²) in [6.45, 7) is 6.37. The number of carbonyl (C=O) groups is 1. The molecule has 2 aromatic carbocycles. The van der Waals surface area contributed by atoms with Gasteiger partial charge in [-0.2, -0.15) is 0 Å². The number of hydrogen-bond acceptors (Lipinski definition) is 2. The van der Waals surface area contributed by atoms with Crippen LogP contribution in [-0.2, 0) is 0 Å². The van der Waals surface area contributed by atoms with E-state index in [-0.39, 0.29) is 5.78 Å². The van der Waals surface area contributed by atoms with E-state index in [1.807, 2.05) is 57.2 Å². The van der Waals surface area contributed by atoms with Gasteiger partial charge in [-0.25, -0.2) is 0 Å². The van der Waals surface area contributed by atoms with Gasteiger partial charge in [0.1, 0.15) is 5.75 Å². The van der Waals surface area contributed by atoms with Crippen molar-refractivity contribution in [1.82, 2.24) is 0 Å². The van der Waals surface area contributed by atoms with Gasteiger partial charge in [0, 0.05) is 10.0 Å². The van der Waals surface area contributed by atoms with E-state index in [2.05, 4.69) is 15.9 Å². The minimum atomic E-state index is -0.00375. The molecule has 2 nitrogen and oxygen atoms in total. The van der Waals surface area contributed by atoms with Crippen LogP contribution in [0.3, 0.4) is 0 Å². The molecule has 3 heteroatoms. The Balaban J connectivity index is 2.52. The highest BCUT2D eigenvalue weighted by atomic mass is 79.9. The first-order chi connectivity index (χ1) is 9.54. The van der Waals surface area contributed by atoms with Crippen molar-refractivity contribution in [1.29, 1.82) is 0 Å². The van der Waals surface area contributed by atoms with E-state index in [1.165, 1.54) is 0 Å². The summed E-state index contributed by atoms with van der Waals surface area (Å²) >= 11 is 3.47. The normalized spacial score (nSPS) is 10.4. The summed E-state index contributed by atoms with van der Waals surface area (Å²) in [4.78, 5) is 12.8. The van der Waals surface area contributed by atoms with Crippen molar-refractivity contribution >= 4 is 21.7 Å². The average molecular weight is 333 g/mol. The molecule has 104 valence electrons. The van der Waals surface area contributed by atoms with Gasteiger partial charge in [0.2, 0.25) is 0 Å². The first-order valence-electron chi connectivity index (χ1n) is 6.58. The lowest BCUT2D eigenvalue weighted by Crippen LogP contribution is -2.07. The Bertz CT molecular complexity index is 647. The largest absolute Gasteiger partial charge is 0.493 e. The van der Waals surface area contributed by atoms with Crippen LogP contribution in [0.4, 0.5) is 0 Å². The zero-order chi connectivity index (χ0) is 14.7. The van der Waals surface area contributed by atoms with Crippen LogP contribution in [0.1, 0.15) is 34.0 Å². The first kappa shape index (κ1) is 14.8. The second kappa shape index (κ2) is 6.23. The molecule has 0 unspecified atom stereocenters. The summed E-state index contributed by atoms with van der Waals surface area (Å²) in [5.74, 6) is 0.637. The minimum absolute atomic E-state index is 0.00375. The Morgan fingerprint density at radius 3 is 2.60 bits per heavy atom. The standard InChI is InChI=1S/C17H17BrO2/c1-4-20-16-9-8-11(2)10-14(16)17(19)13-6-5-7-15(18)12(13)3/h5-10H,4H2,1-3H3. The van der Waals surface area contributed by atoms with Crippen LogP contribution in [0.2, 0.25) is 0 Å². The smallest absolute Gasteiger partial charge is 0.197 e. The maximum absolute atomic E-state index is 12.8. The number of benzene rings is 2. The van der Waals surface area contributed by atoms with Crippen molar-refractivity contribution in [2.45, 2.75) is 20.8 Å². The molecule has 0 amide bonds. The fraction of sp³-hybridized carbons (Fsp3) is 0.235. The zero-order valence-electron chi connectivity index (χ0n) is 11.9. The van der Waals surface area contributed by atoms with E-state index >= 15 is 0 Å². The Labute approximate surface area is 127 Å². The van der Waals surface area contributed by atoms with Gasteiger partial charge in [-0.1, -0.05) is 39.7 Å². The molecule has 0 heterocycles. The average Bonchev–Trinajstić information content (AvgIpc) is 2.43. The van der Waals surface area contributed by atoms with Crippen molar-refractivity contribution in [2.24, 2.45) is 0 Å². The lowest BCUT2D eigenvalue weighted by atomic mass is 9.97. The predicted octanol–water partition coefficient (Wildman–Crippen LogP) is 4.70. The Hall–Kier alpha value is -1.61.